The van der Waals surface area contributed by atoms with Gasteiger partial charge in [-0.2, -0.15) is 0 Å². The Hall–Kier alpha value is -1.97. The van der Waals surface area contributed by atoms with Gasteiger partial charge in [-0.1, -0.05) is 0 Å². The summed E-state index contributed by atoms with van der Waals surface area (Å²) in [4.78, 5) is 18.3. The summed E-state index contributed by atoms with van der Waals surface area (Å²) in [5, 5.41) is 8.71. The van der Waals surface area contributed by atoms with E-state index in [1.165, 1.54) is 12.3 Å². The lowest BCUT2D eigenvalue weighted by Crippen LogP contribution is -1.96. The van der Waals surface area contributed by atoms with Crippen LogP contribution in [0.5, 0.6) is 0 Å². The molecule has 0 aliphatic carbocycles. The fourth-order valence-electron chi connectivity index (χ4n) is 1.11. The van der Waals surface area contributed by atoms with Crippen molar-refractivity contribution < 1.29 is 9.90 Å². The smallest absolute Gasteiger partial charge is 0.354 e. The number of aromatic carboxylic acids is 1. The maximum atomic E-state index is 10.6. The van der Waals surface area contributed by atoms with E-state index in [-0.39, 0.29) is 5.69 Å². The van der Waals surface area contributed by atoms with Gasteiger partial charge in [-0.25, -0.2) is 9.78 Å². The molecule has 0 radical (unpaired) electrons. The van der Waals surface area contributed by atoms with Crippen molar-refractivity contribution in [2.75, 3.05) is 0 Å². The predicted octanol–water partition coefficient (Wildman–Crippen LogP) is 1.28. The monoisotopic (exact) mass is 174 g/mol. The standard InChI is InChI=1S/C9H6N2O2/c12-9(13)8-3-7-5-10-4-6(7)1-2-11-8/h1-5H,(H,12,13). The molecule has 2 heterocycles. The van der Waals surface area contributed by atoms with E-state index in [1.807, 2.05) is 0 Å². The summed E-state index contributed by atoms with van der Waals surface area (Å²) in [6.45, 7) is 0. The molecular weight excluding hydrogens is 168 g/mol. The van der Waals surface area contributed by atoms with Crippen molar-refractivity contribution in [3.8, 4) is 11.1 Å². The third-order valence-electron chi connectivity index (χ3n) is 1.74. The topological polar surface area (TPSA) is 63.1 Å². The van der Waals surface area contributed by atoms with Gasteiger partial charge in [-0.05, 0) is 12.1 Å². The summed E-state index contributed by atoms with van der Waals surface area (Å²) >= 11 is 0. The van der Waals surface area contributed by atoms with Gasteiger partial charge in [0.15, 0.2) is 0 Å². The van der Waals surface area contributed by atoms with Gasteiger partial charge in [0.2, 0.25) is 0 Å². The number of nitrogens with zero attached hydrogens (tertiary/aromatic N) is 2. The summed E-state index contributed by atoms with van der Waals surface area (Å²) in [6.07, 6.45) is 4.75. The fourth-order valence-corrected chi connectivity index (χ4v) is 1.11. The Kier molecular flexibility index (Phi) is 1.66. The summed E-state index contributed by atoms with van der Waals surface area (Å²) < 4.78 is 0. The molecule has 0 atom stereocenters. The number of hydrogen-bond acceptors (Lipinski definition) is 3. The Bertz CT molecular complexity index is 428. The lowest BCUT2D eigenvalue weighted by molar-refractivity contribution is 0.0691. The van der Waals surface area contributed by atoms with Crippen molar-refractivity contribution in [3.05, 3.63) is 36.4 Å². The van der Waals surface area contributed by atoms with Crippen LogP contribution in [0.4, 0.5) is 0 Å². The van der Waals surface area contributed by atoms with Crippen LogP contribution in [0.15, 0.2) is 30.7 Å². The van der Waals surface area contributed by atoms with Crippen LogP contribution in [0.3, 0.4) is 0 Å². The van der Waals surface area contributed by atoms with Crippen LogP contribution in [-0.4, -0.2) is 21.0 Å². The van der Waals surface area contributed by atoms with Crippen LogP contribution in [-0.2, 0) is 0 Å². The normalized spacial score (nSPS) is 10.2. The minimum atomic E-state index is -1.03. The first-order valence-corrected chi connectivity index (χ1v) is 3.70. The van der Waals surface area contributed by atoms with Gasteiger partial charge < -0.3 is 5.11 Å². The van der Waals surface area contributed by atoms with E-state index in [0.717, 1.165) is 11.1 Å². The molecule has 0 saturated carbocycles. The molecule has 2 rings (SSSR count). The molecule has 4 heteroatoms. The number of carboxylic acids is 1. The van der Waals surface area contributed by atoms with Crippen molar-refractivity contribution in [2.24, 2.45) is 0 Å². The van der Waals surface area contributed by atoms with Crippen molar-refractivity contribution in [2.45, 2.75) is 0 Å². The van der Waals surface area contributed by atoms with Gasteiger partial charge >= 0.3 is 5.97 Å². The van der Waals surface area contributed by atoms with E-state index < -0.39 is 5.97 Å². The highest BCUT2D eigenvalue weighted by atomic mass is 16.4. The Labute approximate surface area is 74.2 Å². The second-order valence-electron chi connectivity index (χ2n) is 2.60. The number of aromatic nitrogens is 2. The minimum absolute atomic E-state index is 0.0306. The van der Waals surface area contributed by atoms with Gasteiger partial charge in [-0.15, -0.1) is 0 Å². The van der Waals surface area contributed by atoms with Crippen LogP contribution < -0.4 is 0 Å². The van der Waals surface area contributed by atoms with E-state index in [1.54, 1.807) is 18.5 Å². The third kappa shape index (κ3) is 1.33. The zero-order valence-electron chi connectivity index (χ0n) is 6.64. The molecule has 0 aromatic carbocycles. The molecule has 0 aromatic heterocycles. The number of rotatable bonds is 1. The molecule has 0 aromatic rings. The van der Waals surface area contributed by atoms with Crippen LogP contribution >= 0.6 is 0 Å². The molecule has 0 saturated heterocycles. The summed E-state index contributed by atoms with van der Waals surface area (Å²) in [7, 11) is 0. The Morgan fingerprint density at radius 1 is 1.31 bits per heavy atom. The molecule has 0 amide bonds. The van der Waals surface area contributed by atoms with Crippen molar-refractivity contribution in [1.82, 2.24) is 9.97 Å². The average molecular weight is 174 g/mol. The molecule has 13 heavy (non-hydrogen) atoms. The maximum absolute atomic E-state index is 10.6. The van der Waals surface area contributed by atoms with Crippen LogP contribution in [0.25, 0.3) is 11.1 Å². The van der Waals surface area contributed by atoms with E-state index in [9.17, 15) is 4.79 Å². The van der Waals surface area contributed by atoms with Crippen LogP contribution in [0.2, 0.25) is 0 Å². The lowest BCUT2D eigenvalue weighted by Gasteiger charge is -1.87. The number of hydrogen-bond donors (Lipinski definition) is 1. The molecule has 0 fully saturated rings. The second kappa shape index (κ2) is 2.82. The number of fused-ring (bicyclic) bond motifs is 1. The van der Waals surface area contributed by atoms with Crippen molar-refractivity contribution >= 4 is 5.97 Å². The first kappa shape index (κ1) is 7.67. The second-order valence-corrected chi connectivity index (χ2v) is 2.60. The van der Waals surface area contributed by atoms with Gasteiger partial charge in [0.1, 0.15) is 5.69 Å². The third-order valence-corrected chi connectivity index (χ3v) is 1.74. The zero-order chi connectivity index (χ0) is 9.26. The van der Waals surface area contributed by atoms with E-state index in [2.05, 4.69) is 9.97 Å². The van der Waals surface area contributed by atoms with Crippen LogP contribution in [0, 0.1) is 0 Å². The first-order valence-electron chi connectivity index (χ1n) is 3.70. The highest BCUT2D eigenvalue weighted by Gasteiger charge is 2.06. The molecule has 64 valence electrons. The van der Waals surface area contributed by atoms with E-state index in [0.29, 0.717) is 0 Å². The molecule has 0 spiro atoms. The van der Waals surface area contributed by atoms with Gasteiger partial charge in [-0.3, -0.25) is 4.98 Å². The van der Waals surface area contributed by atoms with Crippen molar-refractivity contribution in [3.63, 3.8) is 0 Å². The highest BCUT2D eigenvalue weighted by molar-refractivity contribution is 5.86. The first-order chi connectivity index (χ1) is 6.27. The largest absolute Gasteiger partial charge is 0.477 e. The average Bonchev–Trinajstić information content (AvgIpc) is 2.42. The maximum Gasteiger partial charge on any atom is 0.354 e. The molecule has 1 N–H and O–H groups in total. The quantitative estimate of drug-likeness (QED) is 0.707. The number of carbonyl (C=O) groups is 1. The molecule has 0 bridgehead atoms. The summed E-state index contributed by atoms with van der Waals surface area (Å²) in [6, 6.07) is 3.24. The SMILES string of the molecule is O=C(O)c1cc2cncc-2ccn1. The highest BCUT2D eigenvalue weighted by Crippen LogP contribution is 2.19. The fraction of sp³-hybridized carbons (Fsp3) is 0. The number of carboxylic acid groups (broad SMARTS) is 1. The predicted molar refractivity (Wildman–Crippen MR) is 45.6 cm³/mol. The molecule has 2 aliphatic heterocycles. The van der Waals surface area contributed by atoms with E-state index >= 15 is 0 Å². The van der Waals surface area contributed by atoms with E-state index in [4.69, 9.17) is 5.11 Å². The van der Waals surface area contributed by atoms with Gasteiger partial charge in [0.25, 0.3) is 0 Å². The molecule has 0 unspecified atom stereocenters. The Morgan fingerprint density at radius 3 is 2.85 bits per heavy atom. The minimum Gasteiger partial charge on any atom is -0.477 e. The molecule has 4 nitrogen and oxygen atoms in total. The molecular formula is C9H6N2O2. The molecule has 2 aliphatic rings. The zero-order valence-corrected chi connectivity index (χ0v) is 6.64. The van der Waals surface area contributed by atoms with Crippen molar-refractivity contribution in [1.29, 1.82) is 0 Å². The summed E-state index contributed by atoms with van der Waals surface area (Å²) in [5.74, 6) is -1.03. The van der Waals surface area contributed by atoms with Gasteiger partial charge in [0.05, 0.1) is 0 Å². The van der Waals surface area contributed by atoms with Gasteiger partial charge in [0, 0.05) is 29.7 Å². The van der Waals surface area contributed by atoms with Crippen LogP contribution in [0.1, 0.15) is 10.5 Å². The Morgan fingerprint density at radius 2 is 2.08 bits per heavy atom. The summed E-state index contributed by atoms with van der Waals surface area (Å²) in [5.41, 5.74) is 1.71. The Balaban J connectivity index is 2.64. The lowest BCUT2D eigenvalue weighted by atomic mass is 10.2.